The molecule has 0 bridgehead atoms. The summed E-state index contributed by atoms with van der Waals surface area (Å²) in [5.74, 6) is 0.338. The Balaban J connectivity index is 0.00000308. The highest BCUT2D eigenvalue weighted by atomic mass is 35.5. The van der Waals surface area contributed by atoms with Crippen LogP contribution >= 0.6 is 23.7 Å². The summed E-state index contributed by atoms with van der Waals surface area (Å²) in [6.45, 7) is 4.93. The average molecular weight is 574 g/mol. The highest BCUT2D eigenvalue weighted by Gasteiger charge is 2.37. The minimum atomic E-state index is -1.23. The molecule has 0 saturated carbocycles. The number of halogens is 1. The number of amides is 1. The Kier molecular flexibility index (Phi) is 7.69. The van der Waals surface area contributed by atoms with E-state index in [1.54, 1.807) is 12.3 Å². The van der Waals surface area contributed by atoms with Gasteiger partial charge >= 0.3 is 0 Å². The Morgan fingerprint density at radius 2 is 2.00 bits per heavy atom. The molecule has 4 aromatic heterocycles. The van der Waals surface area contributed by atoms with Gasteiger partial charge in [0.05, 0.1) is 36.8 Å². The zero-order chi connectivity index (χ0) is 26.3. The summed E-state index contributed by atoms with van der Waals surface area (Å²) in [5, 5.41) is 24.1. The Morgan fingerprint density at radius 3 is 2.74 bits per heavy atom. The lowest BCUT2D eigenvalue weighted by Crippen LogP contribution is -2.37. The van der Waals surface area contributed by atoms with E-state index >= 15 is 0 Å². The number of morpholine rings is 1. The summed E-state index contributed by atoms with van der Waals surface area (Å²) in [5.41, 5.74) is 1.44. The number of aryl methyl sites for hydroxylation is 1. The third-order valence-electron chi connectivity index (χ3n) is 6.69. The van der Waals surface area contributed by atoms with Gasteiger partial charge in [-0.3, -0.25) is 9.78 Å². The molecule has 12 nitrogen and oxygen atoms in total. The largest absolute Gasteiger partial charge is 0.444 e. The van der Waals surface area contributed by atoms with Crippen LogP contribution in [0.25, 0.3) is 21.8 Å². The number of aliphatic hydroxyl groups excluding tert-OH is 1. The molecule has 1 atom stereocenters. The van der Waals surface area contributed by atoms with Gasteiger partial charge in [0.2, 0.25) is 5.89 Å². The molecule has 0 radical (unpaired) electrons. The van der Waals surface area contributed by atoms with E-state index in [0.29, 0.717) is 49.2 Å². The summed E-state index contributed by atoms with van der Waals surface area (Å²) in [4.78, 5) is 35.3. The number of rotatable bonds is 6. The Hall–Kier alpha value is -3.36. The number of aliphatic hydroxyl groups is 2. The number of aromatic nitrogens is 4. The highest BCUT2D eigenvalue weighted by Crippen LogP contribution is 2.37. The fourth-order valence-corrected chi connectivity index (χ4v) is 5.61. The molecule has 6 rings (SSSR count). The van der Waals surface area contributed by atoms with Crippen molar-refractivity contribution < 1.29 is 24.2 Å². The quantitative estimate of drug-likeness (QED) is 0.312. The summed E-state index contributed by atoms with van der Waals surface area (Å²) in [6.07, 6.45) is 3.35. The van der Waals surface area contributed by atoms with Crippen LogP contribution in [0.3, 0.4) is 0 Å². The van der Waals surface area contributed by atoms with E-state index in [9.17, 15) is 15.0 Å². The predicted octanol–water partition coefficient (Wildman–Crippen LogP) is 2.49. The van der Waals surface area contributed by atoms with Gasteiger partial charge in [-0.1, -0.05) is 11.3 Å². The number of pyridine rings is 2. The molecule has 39 heavy (non-hydrogen) atoms. The molecule has 4 aromatic rings. The molecule has 3 N–H and O–H groups in total. The number of hydrogen-bond acceptors (Lipinski definition) is 12. The van der Waals surface area contributed by atoms with Crippen molar-refractivity contribution in [2.24, 2.45) is 0 Å². The van der Waals surface area contributed by atoms with Gasteiger partial charge in [-0.2, -0.15) is 4.98 Å². The van der Waals surface area contributed by atoms with E-state index in [0.717, 1.165) is 34.2 Å². The molecular formula is C25H28ClN7O5S. The lowest BCUT2D eigenvalue weighted by molar-refractivity contribution is 0.00474. The second kappa shape index (κ2) is 11.0. The van der Waals surface area contributed by atoms with E-state index in [2.05, 4.69) is 20.2 Å². The van der Waals surface area contributed by atoms with Crippen molar-refractivity contribution in [3.05, 3.63) is 42.0 Å². The van der Waals surface area contributed by atoms with Gasteiger partial charge in [0, 0.05) is 37.1 Å². The van der Waals surface area contributed by atoms with Crippen LogP contribution in [0.5, 0.6) is 0 Å². The Morgan fingerprint density at radius 1 is 1.18 bits per heavy atom. The van der Waals surface area contributed by atoms with Crippen molar-refractivity contribution in [3.8, 4) is 11.5 Å². The molecule has 2 fully saturated rings. The number of hydrogen-bond donors (Lipinski definition) is 3. The van der Waals surface area contributed by atoms with E-state index < -0.39 is 11.5 Å². The second-order valence-electron chi connectivity index (χ2n) is 9.51. The van der Waals surface area contributed by atoms with Crippen molar-refractivity contribution in [2.45, 2.75) is 18.9 Å². The fourth-order valence-electron chi connectivity index (χ4n) is 4.61. The number of fused-ring (bicyclic) bond motifs is 1. The maximum absolute atomic E-state index is 13.2. The zero-order valence-electron chi connectivity index (χ0n) is 21.2. The van der Waals surface area contributed by atoms with Crippen LogP contribution in [0.15, 0.2) is 35.1 Å². The van der Waals surface area contributed by atoms with Crippen LogP contribution < -0.4 is 15.1 Å². The molecule has 1 amide bonds. The molecule has 6 heterocycles. The molecular weight excluding hydrogens is 546 g/mol. The number of ether oxygens (including phenoxy) is 1. The maximum Gasteiger partial charge on any atom is 0.277 e. The van der Waals surface area contributed by atoms with Gasteiger partial charge in [-0.25, -0.2) is 9.97 Å². The number of β-amino-alcohol motifs (C(OH)–C–C–N with tert-alkyl or cyclic N) is 1. The van der Waals surface area contributed by atoms with Crippen LogP contribution in [-0.2, 0) is 4.74 Å². The number of carbonyl (C=O) groups is 1. The first-order chi connectivity index (χ1) is 18.4. The van der Waals surface area contributed by atoms with Crippen LogP contribution in [0, 0.1) is 6.92 Å². The Labute approximate surface area is 234 Å². The van der Waals surface area contributed by atoms with E-state index in [-0.39, 0.29) is 31.3 Å². The van der Waals surface area contributed by atoms with Crippen molar-refractivity contribution in [3.63, 3.8) is 0 Å². The zero-order valence-corrected chi connectivity index (χ0v) is 22.8. The number of thiazole rings is 1. The number of oxazole rings is 1. The fraction of sp³-hybridized carbons (Fsp3) is 0.400. The third-order valence-corrected chi connectivity index (χ3v) is 7.74. The first-order valence-electron chi connectivity index (χ1n) is 12.3. The number of anilines is 3. The molecule has 0 aromatic carbocycles. The standard InChI is InChI=1S/C25H27N7O5S.ClH/c1-15-10-16(2-4-26-15)23-28-18(12-37-23)22(34)27-17-11-19-20(30-24(38-19)31-6-8-36-9-7-31)29-21(17)32-5-3-25(35,13-32)14-33;/h2,4,10-12,33,35H,3,5-9,13-14H2,1H3,(H,27,34);1H. The van der Waals surface area contributed by atoms with Crippen LogP contribution in [0.2, 0.25) is 0 Å². The minimum absolute atomic E-state index is 0. The second-order valence-corrected chi connectivity index (χ2v) is 10.5. The summed E-state index contributed by atoms with van der Waals surface area (Å²) >= 11 is 1.50. The van der Waals surface area contributed by atoms with Crippen LogP contribution in [-0.4, -0.2) is 87.7 Å². The average Bonchev–Trinajstić information content (AvgIpc) is 3.67. The summed E-state index contributed by atoms with van der Waals surface area (Å²) < 4.78 is 11.8. The molecule has 0 aliphatic carbocycles. The number of carbonyl (C=O) groups excluding carboxylic acids is 1. The first kappa shape index (κ1) is 27.2. The molecule has 1 unspecified atom stereocenters. The van der Waals surface area contributed by atoms with Gasteiger partial charge in [-0.15, -0.1) is 12.4 Å². The third kappa shape index (κ3) is 5.54. The molecule has 2 aliphatic heterocycles. The topological polar surface area (TPSA) is 150 Å². The smallest absolute Gasteiger partial charge is 0.277 e. The van der Waals surface area contributed by atoms with E-state index in [4.69, 9.17) is 19.1 Å². The van der Waals surface area contributed by atoms with Gasteiger partial charge in [0.25, 0.3) is 5.91 Å². The molecule has 2 aliphatic rings. The van der Waals surface area contributed by atoms with Crippen molar-refractivity contribution in [2.75, 3.05) is 61.1 Å². The highest BCUT2D eigenvalue weighted by molar-refractivity contribution is 7.22. The summed E-state index contributed by atoms with van der Waals surface area (Å²) in [6, 6.07) is 5.44. The molecule has 14 heteroatoms. The lowest BCUT2D eigenvalue weighted by atomic mass is 10.1. The number of nitrogens with one attached hydrogen (secondary N) is 1. The van der Waals surface area contributed by atoms with Crippen molar-refractivity contribution >= 4 is 56.6 Å². The molecule has 2 saturated heterocycles. The van der Waals surface area contributed by atoms with Gasteiger partial charge in [0.15, 0.2) is 22.3 Å². The van der Waals surface area contributed by atoms with Crippen molar-refractivity contribution in [1.29, 1.82) is 0 Å². The van der Waals surface area contributed by atoms with Gasteiger partial charge in [0.1, 0.15) is 11.9 Å². The SMILES string of the molecule is Cc1cc(-c2nc(C(=O)Nc3cc4sc(N5CCOCC5)nc4nc3N3CCC(O)(CO)C3)co2)ccn1.Cl. The minimum Gasteiger partial charge on any atom is -0.444 e. The monoisotopic (exact) mass is 573 g/mol. The number of nitrogens with zero attached hydrogens (tertiary/aromatic N) is 6. The molecule has 0 spiro atoms. The van der Waals surface area contributed by atoms with Crippen molar-refractivity contribution in [1.82, 2.24) is 19.9 Å². The molecule has 206 valence electrons. The Bertz CT molecular complexity index is 1490. The van der Waals surface area contributed by atoms with E-state index in [1.165, 1.54) is 17.6 Å². The maximum atomic E-state index is 13.2. The van der Waals surface area contributed by atoms with Gasteiger partial charge in [-0.05, 0) is 31.5 Å². The first-order valence-corrected chi connectivity index (χ1v) is 13.1. The predicted molar refractivity (Wildman–Crippen MR) is 149 cm³/mol. The van der Waals surface area contributed by atoms with E-state index in [1.807, 2.05) is 24.0 Å². The van der Waals surface area contributed by atoms with Crippen LogP contribution in [0.4, 0.5) is 16.6 Å². The lowest BCUT2D eigenvalue weighted by Gasteiger charge is -2.25. The normalized spacial score (nSPS) is 19.4. The van der Waals surface area contributed by atoms with Crippen LogP contribution in [0.1, 0.15) is 22.6 Å². The van der Waals surface area contributed by atoms with Gasteiger partial charge < -0.3 is 34.5 Å². The summed E-state index contributed by atoms with van der Waals surface area (Å²) in [7, 11) is 0.